The van der Waals surface area contributed by atoms with Gasteiger partial charge in [-0.3, -0.25) is 14.8 Å². The zero-order valence-corrected chi connectivity index (χ0v) is 11.8. The minimum absolute atomic E-state index is 0.159. The van der Waals surface area contributed by atoms with E-state index >= 15 is 0 Å². The van der Waals surface area contributed by atoms with Gasteiger partial charge in [-0.2, -0.15) is 5.10 Å². The lowest BCUT2D eigenvalue weighted by molar-refractivity contribution is -0.0598. The predicted octanol–water partition coefficient (Wildman–Crippen LogP) is -0.979. The summed E-state index contributed by atoms with van der Waals surface area (Å²) in [4.78, 5) is 21.5. The normalized spacial score (nSPS) is 26.2. The molecule has 2 aliphatic heterocycles. The van der Waals surface area contributed by atoms with Crippen LogP contribution in [-0.2, 0) is 4.74 Å². The summed E-state index contributed by atoms with van der Waals surface area (Å²) in [6.07, 6.45) is 1.57. The molecular formula is C13H16N6O3. The number of aliphatic hydroxyl groups is 1. The van der Waals surface area contributed by atoms with E-state index in [1.807, 2.05) is 0 Å². The number of carbonyl (C=O) groups is 1. The number of hydrogen-bond donors (Lipinski definition) is 3. The van der Waals surface area contributed by atoms with E-state index in [0.29, 0.717) is 61.2 Å². The van der Waals surface area contributed by atoms with Gasteiger partial charge in [-0.25, -0.2) is 9.97 Å². The maximum atomic E-state index is 11.1. The molecule has 0 bridgehead atoms. The maximum absolute atomic E-state index is 11.1. The number of anilines is 1. The molecule has 2 aliphatic rings. The molecule has 2 atom stereocenters. The standard InChI is InChI=1S/C13H16N6O3/c20-3-9-11-12(14-6-15-13(11)18-17-9)16-8-1-19(2-10(8)21)7-4-22-5-7/h3,6-8,10,21H,1-2,4-5H2,(H2,14,15,16,17,18)/t8-,10-/m1/s1. The third-order valence-corrected chi connectivity index (χ3v) is 4.27. The lowest BCUT2D eigenvalue weighted by Gasteiger charge is -2.34. The van der Waals surface area contributed by atoms with E-state index in [9.17, 15) is 9.90 Å². The molecule has 22 heavy (non-hydrogen) atoms. The average molecular weight is 304 g/mol. The molecule has 3 N–H and O–H groups in total. The molecule has 116 valence electrons. The van der Waals surface area contributed by atoms with Crippen LogP contribution in [-0.4, -0.2) is 80.9 Å². The first kappa shape index (κ1) is 13.6. The van der Waals surface area contributed by atoms with Crippen molar-refractivity contribution in [3.63, 3.8) is 0 Å². The minimum atomic E-state index is -0.503. The SMILES string of the molecule is O=Cc1[nH]nc2ncnc(N[C@@H]3CN(C4COC4)C[C@H]3O)c12. The summed E-state index contributed by atoms with van der Waals surface area (Å²) in [6, 6.07) is 0.222. The highest BCUT2D eigenvalue weighted by molar-refractivity contribution is 5.99. The first-order valence-electron chi connectivity index (χ1n) is 7.17. The Hall–Kier alpha value is -2.10. The number of nitrogens with zero attached hydrogens (tertiary/aromatic N) is 4. The minimum Gasteiger partial charge on any atom is -0.390 e. The number of hydrogen-bond acceptors (Lipinski definition) is 8. The van der Waals surface area contributed by atoms with Crippen LogP contribution in [0.25, 0.3) is 11.0 Å². The van der Waals surface area contributed by atoms with Gasteiger partial charge < -0.3 is 15.2 Å². The smallest absolute Gasteiger partial charge is 0.186 e. The molecule has 0 amide bonds. The molecule has 2 aromatic heterocycles. The van der Waals surface area contributed by atoms with Crippen LogP contribution >= 0.6 is 0 Å². The van der Waals surface area contributed by atoms with Crippen molar-refractivity contribution in [3.05, 3.63) is 12.0 Å². The Labute approximate surface area is 125 Å². The molecule has 0 saturated carbocycles. The van der Waals surface area contributed by atoms with Gasteiger partial charge in [0.15, 0.2) is 11.9 Å². The van der Waals surface area contributed by atoms with Gasteiger partial charge in [0, 0.05) is 13.1 Å². The Morgan fingerprint density at radius 1 is 1.41 bits per heavy atom. The van der Waals surface area contributed by atoms with Gasteiger partial charge in [0.25, 0.3) is 0 Å². The Morgan fingerprint density at radius 2 is 2.27 bits per heavy atom. The number of ether oxygens (including phenoxy) is 1. The number of carbonyl (C=O) groups excluding carboxylic acids is 1. The molecule has 0 radical (unpaired) electrons. The quantitative estimate of drug-likeness (QED) is 0.617. The summed E-state index contributed by atoms with van der Waals surface area (Å²) in [5.74, 6) is 0.511. The van der Waals surface area contributed by atoms with E-state index in [0.717, 1.165) is 0 Å². The highest BCUT2D eigenvalue weighted by Gasteiger charge is 2.38. The first-order chi connectivity index (χ1) is 10.8. The Bertz CT molecular complexity index is 700. The zero-order chi connectivity index (χ0) is 15.1. The van der Waals surface area contributed by atoms with Crippen molar-refractivity contribution < 1.29 is 14.6 Å². The van der Waals surface area contributed by atoms with E-state index in [1.165, 1.54) is 6.33 Å². The van der Waals surface area contributed by atoms with E-state index in [4.69, 9.17) is 4.74 Å². The van der Waals surface area contributed by atoms with E-state index in [-0.39, 0.29) is 6.04 Å². The van der Waals surface area contributed by atoms with Gasteiger partial charge in [0.05, 0.1) is 36.8 Å². The van der Waals surface area contributed by atoms with Crippen molar-refractivity contribution in [2.75, 3.05) is 31.6 Å². The number of aromatic nitrogens is 4. The van der Waals surface area contributed by atoms with Crippen LogP contribution in [0.1, 0.15) is 10.5 Å². The molecule has 2 aromatic rings. The lowest BCUT2D eigenvalue weighted by Crippen LogP contribution is -2.48. The van der Waals surface area contributed by atoms with Gasteiger partial charge in [-0.15, -0.1) is 0 Å². The molecule has 0 spiro atoms. The number of fused-ring (bicyclic) bond motifs is 1. The van der Waals surface area contributed by atoms with Crippen LogP contribution in [0.5, 0.6) is 0 Å². The van der Waals surface area contributed by atoms with E-state index in [1.54, 1.807) is 0 Å². The Kier molecular flexibility index (Phi) is 3.25. The van der Waals surface area contributed by atoms with Crippen molar-refractivity contribution in [2.45, 2.75) is 18.2 Å². The molecule has 0 aromatic carbocycles. The molecule has 2 fully saturated rings. The summed E-state index contributed by atoms with van der Waals surface area (Å²) < 4.78 is 5.20. The summed E-state index contributed by atoms with van der Waals surface area (Å²) in [5, 5.41) is 20.6. The number of aliphatic hydroxyl groups excluding tert-OH is 1. The maximum Gasteiger partial charge on any atom is 0.186 e. The van der Waals surface area contributed by atoms with Gasteiger partial charge in [0.1, 0.15) is 17.8 Å². The largest absolute Gasteiger partial charge is 0.390 e. The van der Waals surface area contributed by atoms with Crippen molar-refractivity contribution in [3.8, 4) is 0 Å². The molecule has 9 nitrogen and oxygen atoms in total. The molecule has 2 saturated heterocycles. The van der Waals surface area contributed by atoms with Gasteiger partial charge >= 0.3 is 0 Å². The van der Waals surface area contributed by atoms with Crippen molar-refractivity contribution in [1.82, 2.24) is 25.1 Å². The second-order valence-electron chi connectivity index (χ2n) is 5.64. The highest BCUT2D eigenvalue weighted by Crippen LogP contribution is 2.25. The fraction of sp³-hybridized carbons (Fsp3) is 0.538. The summed E-state index contributed by atoms with van der Waals surface area (Å²) in [5.41, 5.74) is 0.756. The molecule has 4 rings (SSSR count). The van der Waals surface area contributed by atoms with Crippen molar-refractivity contribution >= 4 is 23.1 Å². The number of nitrogens with one attached hydrogen (secondary N) is 2. The molecule has 9 heteroatoms. The molecule has 0 aliphatic carbocycles. The van der Waals surface area contributed by atoms with Crippen LogP contribution < -0.4 is 5.32 Å². The number of aldehydes is 1. The van der Waals surface area contributed by atoms with Crippen LogP contribution in [0.4, 0.5) is 5.82 Å². The number of H-pyrrole nitrogens is 1. The van der Waals surface area contributed by atoms with Crippen LogP contribution in [0, 0.1) is 0 Å². The van der Waals surface area contributed by atoms with Gasteiger partial charge in [0.2, 0.25) is 0 Å². The number of rotatable bonds is 4. The molecular weight excluding hydrogens is 288 g/mol. The second-order valence-corrected chi connectivity index (χ2v) is 5.64. The van der Waals surface area contributed by atoms with E-state index in [2.05, 4.69) is 30.4 Å². The van der Waals surface area contributed by atoms with E-state index < -0.39 is 6.10 Å². The third-order valence-electron chi connectivity index (χ3n) is 4.27. The average Bonchev–Trinajstić information content (AvgIpc) is 3.02. The summed E-state index contributed by atoms with van der Waals surface area (Å²) in [7, 11) is 0. The fourth-order valence-electron chi connectivity index (χ4n) is 2.94. The molecule has 0 unspecified atom stereocenters. The van der Waals surface area contributed by atoms with Crippen LogP contribution in [0.3, 0.4) is 0 Å². The number of aromatic amines is 1. The summed E-state index contributed by atoms with van der Waals surface area (Å²) >= 11 is 0. The van der Waals surface area contributed by atoms with Crippen molar-refractivity contribution in [1.29, 1.82) is 0 Å². The second kappa shape index (κ2) is 5.27. The Balaban J connectivity index is 1.58. The Morgan fingerprint density at radius 3 is 3.00 bits per heavy atom. The fourth-order valence-corrected chi connectivity index (χ4v) is 2.94. The monoisotopic (exact) mass is 304 g/mol. The number of likely N-dealkylation sites (tertiary alicyclic amines) is 1. The van der Waals surface area contributed by atoms with Crippen LogP contribution in [0.15, 0.2) is 6.33 Å². The van der Waals surface area contributed by atoms with Gasteiger partial charge in [-0.1, -0.05) is 0 Å². The molecule has 4 heterocycles. The highest BCUT2D eigenvalue weighted by atomic mass is 16.5. The predicted molar refractivity (Wildman–Crippen MR) is 76.7 cm³/mol. The zero-order valence-electron chi connectivity index (χ0n) is 11.8. The third kappa shape index (κ3) is 2.14. The van der Waals surface area contributed by atoms with Gasteiger partial charge in [-0.05, 0) is 0 Å². The summed E-state index contributed by atoms with van der Waals surface area (Å²) in [6.45, 7) is 2.74. The number of β-amino-alcohol motifs (C(OH)–C–C–N with tert-alkyl or cyclic N) is 1. The van der Waals surface area contributed by atoms with Crippen molar-refractivity contribution in [2.24, 2.45) is 0 Å². The topological polar surface area (TPSA) is 116 Å². The lowest BCUT2D eigenvalue weighted by atomic mass is 10.2. The van der Waals surface area contributed by atoms with Crippen LogP contribution in [0.2, 0.25) is 0 Å². The first-order valence-corrected chi connectivity index (χ1v) is 7.17.